The maximum Gasteiger partial charge on any atom is 0.216 e. The Labute approximate surface area is 141 Å². The molecule has 0 saturated carbocycles. The molecule has 6 heteroatoms. The van der Waals surface area contributed by atoms with Crippen LogP contribution in [0.1, 0.15) is 23.1 Å². The zero-order valence-corrected chi connectivity index (χ0v) is 14.3. The fourth-order valence-corrected chi connectivity index (χ4v) is 4.62. The third-order valence-electron chi connectivity index (χ3n) is 4.31. The van der Waals surface area contributed by atoms with E-state index in [1.807, 2.05) is 18.2 Å². The van der Waals surface area contributed by atoms with E-state index in [0.29, 0.717) is 12.8 Å². The lowest BCUT2D eigenvalue weighted by Gasteiger charge is -2.26. The van der Waals surface area contributed by atoms with Crippen molar-refractivity contribution >= 4 is 10.0 Å². The standard InChI is InChI=1S/C18H20FNO3S/c1-23-18-8-4-6-13-11-15(9-10-16(13)18)20-24(21,22)12-14-5-2-3-7-17(14)19/h2-8,15,20H,9-12H2,1H3. The second-order valence-corrected chi connectivity index (χ2v) is 7.76. The molecule has 1 aliphatic rings. The fourth-order valence-electron chi connectivity index (χ4n) is 3.18. The molecule has 1 N–H and O–H groups in total. The minimum Gasteiger partial charge on any atom is -0.496 e. The van der Waals surface area contributed by atoms with E-state index in [2.05, 4.69) is 4.72 Å². The zero-order chi connectivity index (χ0) is 17.2. The molecular formula is C18H20FNO3S. The van der Waals surface area contributed by atoms with Gasteiger partial charge in [0, 0.05) is 11.6 Å². The molecule has 0 amide bonds. The summed E-state index contributed by atoms with van der Waals surface area (Å²) in [5.74, 6) is 0.00277. The summed E-state index contributed by atoms with van der Waals surface area (Å²) < 4.78 is 46.5. The molecule has 0 bridgehead atoms. The van der Waals surface area contributed by atoms with Gasteiger partial charge in [0.25, 0.3) is 0 Å². The first-order valence-corrected chi connectivity index (χ1v) is 9.52. The van der Waals surface area contributed by atoms with Gasteiger partial charge in [-0.15, -0.1) is 0 Å². The highest BCUT2D eigenvalue weighted by Gasteiger charge is 2.25. The quantitative estimate of drug-likeness (QED) is 0.903. The van der Waals surface area contributed by atoms with E-state index in [4.69, 9.17) is 4.74 Å². The van der Waals surface area contributed by atoms with Gasteiger partial charge in [-0.25, -0.2) is 17.5 Å². The Kier molecular flexibility index (Phi) is 4.87. The van der Waals surface area contributed by atoms with Crippen LogP contribution in [0.2, 0.25) is 0 Å². The van der Waals surface area contributed by atoms with Gasteiger partial charge in [-0.2, -0.15) is 0 Å². The van der Waals surface area contributed by atoms with E-state index in [-0.39, 0.29) is 17.4 Å². The molecule has 2 aromatic rings. The predicted molar refractivity (Wildman–Crippen MR) is 91.0 cm³/mol. The summed E-state index contributed by atoms with van der Waals surface area (Å²) in [6, 6.07) is 11.6. The molecule has 0 aliphatic heterocycles. The van der Waals surface area contributed by atoms with Crippen molar-refractivity contribution in [1.82, 2.24) is 4.72 Å². The first-order valence-electron chi connectivity index (χ1n) is 7.86. The summed E-state index contributed by atoms with van der Waals surface area (Å²) in [6.45, 7) is 0. The number of rotatable bonds is 5. The third kappa shape index (κ3) is 3.76. The van der Waals surface area contributed by atoms with Crippen molar-refractivity contribution in [1.29, 1.82) is 0 Å². The summed E-state index contributed by atoms with van der Waals surface area (Å²) in [5, 5.41) is 0. The first kappa shape index (κ1) is 16.9. The van der Waals surface area contributed by atoms with Crippen LogP contribution in [0.4, 0.5) is 4.39 Å². The minimum absolute atomic E-state index is 0.179. The molecule has 2 aromatic carbocycles. The van der Waals surface area contributed by atoms with Gasteiger partial charge in [0.15, 0.2) is 0 Å². The van der Waals surface area contributed by atoms with Crippen LogP contribution >= 0.6 is 0 Å². The number of hydrogen-bond donors (Lipinski definition) is 1. The predicted octanol–water partition coefficient (Wildman–Crippen LogP) is 2.81. The van der Waals surface area contributed by atoms with E-state index in [9.17, 15) is 12.8 Å². The molecule has 0 heterocycles. The Balaban J connectivity index is 1.71. The van der Waals surface area contributed by atoms with Crippen LogP contribution in [-0.4, -0.2) is 21.6 Å². The maximum atomic E-state index is 13.7. The number of ether oxygens (including phenoxy) is 1. The SMILES string of the molecule is COc1cccc2c1CCC(NS(=O)(=O)Cc1ccccc1F)C2. The summed E-state index contributed by atoms with van der Waals surface area (Å²) in [6.07, 6.45) is 2.07. The van der Waals surface area contributed by atoms with Crippen LogP contribution in [0.3, 0.4) is 0 Å². The number of methoxy groups -OCH3 is 1. The van der Waals surface area contributed by atoms with Gasteiger partial charge < -0.3 is 4.74 Å². The van der Waals surface area contributed by atoms with Crippen molar-refractivity contribution in [3.63, 3.8) is 0 Å². The van der Waals surface area contributed by atoms with Crippen LogP contribution in [0.25, 0.3) is 0 Å². The smallest absolute Gasteiger partial charge is 0.216 e. The van der Waals surface area contributed by atoms with E-state index in [1.54, 1.807) is 19.2 Å². The second-order valence-electron chi connectivity index (χ2n) is 6.01. The summed E-state index contributed by atoms with van der Waals surface area (Å²) in [7, 11) is -1.96. The molecule has 3 rings (SSSR count). The fraction of sp³-hybridized carbons (Fsp3) is 0.333. The highest BCUT2D eigenvalue weighted by Crippen LogP contribution is 2.29. The number of fused-ring (bicyclic) bond motifs is 1. The third-order valence-corrected chi connectivity index (χ3v) is 5.69. The highest BCUT2D eigenvalue weighted by molar-refractivity contribution is 7.88. The van der Waals surface area contributed by atoms with Gasteiger partial charge in [0.1, 0.15) is 11.6 Å². The molecule has 0 fully saturated rings. The zero-order valence-electron chi connectivity index (χ0n) is 13.5. The van der Waals surface area contributed by atoms with Gasteiger partial charge in [-0.1, -0.05) is 30.3 Å². The molecule has 0 spiro atoms. The lowest BCUT2D eigenvalue weighted by Crippen LogP contribution is -2.39. The topological polar surface area (TPSA) is 55.4 Å². The molecule has 0 saturated heterocycles. The Morgan fingerprint density at radius 3 is 2.75 bits per heavy atom. The number of halogens is 1. The van der Waals surface area contributed by atoms with Gasteiger partial charge in [-0.3, -0.25) is 0 Å². The Bertz CT molecular complexity index is 836. The molecule has 1 atom stereocenters. The largest absolute Gasteiger partial charge is 0.496 e. The molecule has 0 radical (unpaired) electrons. The van der Waals surface area contributed by atoms with Crippen molar-refractivity contribution in [2.75, 3.05) is 7.11 Å². The van der Waals surface area contributed by atoms with E-state index < -0.39 is 15.8 Å². The molecule has 128 valence electrons. The van der Waals surface area contributed by atoms with Crippen LogP contribution in [0.15, 0.2) is 42.5 Å². The number of hydrogen-bond acceptors (Lipinski definition) is 3. The molecule has 1 unspecified atom stereocenters. The Morgan fingerprint density at radius 2 is 2.00 bits per heavy atom. The minimum atomic E-state index is -3.60. The molecule has 1 aliphatic carbocycles. The van der Waals surface area contributed by atoms with Gasteiger partial charge >= 0.3 is 0 Å². The van der Waals surface area contributed by atoms with E-state index in [1.165, 1.54) is 12.1 Å². The van der Waals surface area contributed by atoms with Gasteiger partial charge in [0.05, 0.1) is 12.9 Å². The molecule has 0 aromatic heterocycles. The van der Waals surface area contributed by atoms with Crippen molar-refractivity contribution in [3.8, 4) is 5.75 Å². The monoisotopic (exact) mass is 349 g/mol. The van der Waals surface area contributed by atoms with Crippen molar-refractivity contribution < 1.29 is 17.5 Å². The number of nitrogens with one attached hydrogen (secondary N) is 1. The maximum absolute atomic E-state index is 13.7. The summed E-state index contributed by atoms with van der Waals surface area (Å²) >= 11 is 0. The van der Waals surface area contributed by atoms with Crippen LogP contribution in [0, 0.1) is 5.82 Å². The average molecular weight is 349 g/mol. The normalized spacial score (nSPS) is 17.3. The summed E-state index contributed by atoms with van der Waals surface area (Å²) in [5.41, 5.74) is 2.42. The highest BCUT2D eigenvalue weighted by atomic mass is 32.2. The first-order chi connectivity index (χ1) is 11.5. The lowest BCUT2D eigenvalue weighted by atomic mass is 9.88. The van der Waals surface area contributed by atoms with E-state index in [0.717, 1.165) is 23.3 Å². The van der Waals surface area contributed by atoms with Crippen molar-refractivity contribution in [2.24, 2.45) is 0 Å². The second kappa shape index (κ2) is 6.91. The average Bonchev–Trinajstić information content (AvgIpc) is 2.55. The van der Waals surface area contributed by atoms with Gasteiger partial charge in [-0.05, 0) is 42.5 Å². The lowest BCUT2D eigenvalue weighted by molar-refractivity contribution is 0.402. The van der Waals surface area contributed by atoms with E-state index >= 15 is 0 Å². The number of sulfonamides is 1. The van der Waals surface area contributed by atoms with Crippen LogP contribution < -0.4 is 9.46 Å². The Hall–Kier alpha value is -1.92. The summed E-state index contributed by atoms with van der Waals surface area (Å²) in [4.78, 5) is 0. The van der Waals surface area contributed by atoms with Gasteiger partial charge in [0.2, 0.25) is 10.0 Å². The van der Waals surface area contributed by atoms with Crippen molar-refractivity contribution in [3.05, 3.63) is 65.0 Å². The van der Waals surface area contributed by atoms with Crippen LogP contribution in [-0.2, 0) is 28.6 Å². The molecule has 24 heavy (non-hydrogen) atoms. The molecular weight excluding hydrogens is 329 g/mol. The number of benzene rings is 2. The van der Waals surface area contributed by atoms with Crippen molar-refractivity contribution in [2.45, 2.75) is 31.1 Å². The van der Waals surface area contributed by atoms with Crippen LogP contribution in [0.5, 0.6) is 5.75 Å². The molecule has 4 nitrogen and oxygen atoms in total. The Morgan fingerprint density at radius 1 is 1.21 bits per heavy atom.